The number of allylic oxidation sites excluding steroid dienone is 1. The van der Waals surface area contributed by atoms with Gasteiger partial charge in [-0.2, -0.15) is 0 Å². The number of aliphatic hydroxyl groups is 1. The van der Waals surface area contributed by atoms with Gasteiger partial charge < -0.3 is 14.6 Å². The zero-order valence-electron chi connectivity index (χ0n) is 10.3. The first-order valence-corrected chi connectivity index (χ1v) is 5.80. The van der Waals surface area contributed by atoms with Gasteiger partial charge in [-0.05, 0) is 35.2 Å². The molecule has 1 aliphatic rings. The molecule has 1 atom stereocenters. The average molecular weight is 248 g/mol. The Balaban J connectivity index is 2.35. The summed E-state index contributed by atoms with van der Waals surface area (Å²) in [6.45, 7) is 3.67. The third-order valence-corrected chi connectivity index (χ3v) is 2.98. The molecule has 2 rings (SSSR count). The van der Waals surface area contributed by atoms with Crippen LogP contribution in [0.3, 0.4) is 0 Å². The van der Waals surface area contributed by atoms with Gasteiger partial charge in [0, 0.05) is 6.42 Å². The average Bonchev–Trinajstić information content (AvgIpc) is 2.82. The number of benzene rings is 1. The maximum absolute atomic E-state index is 11.5. The van der Waals surface area contributed by atoms with Gasteiger partial charge >= 0.3 is 5.97 Å². The molecule has 1 N–H and O–H groups in total. The second-order valence-corrected chi connectivity index (χ2v) is 4.23. The highest BCUT2D eigenvalue weighted by Crippen LogP contribution is 2.34. The second-order valence-electron chi connectivity index (χ2n) is 4.23. The summed E-state index contributed by atoms with van der Waals surface area (Å²) in [5.74, 6) is 0.351. The van der Waals surface area contributed by atoms with Crippen LogP contribution >= 0.6 is 0 Å². The highest BCUT2D eigenvalue weighted by Gasteiger charge is 2.31. The van der Waals surface area contributed by atoms with Gasteiger partial charge in [0.2, 0.25) is 0 Å². The van der Waals surface area contributed by atoms with E-state index in [0.717, 1.165) is 22.4 Å². The van der Waals surface area contributed by atoms with E-state index < -0.39 is 6.10 Å². The molecular formula is C14H16O4. The number of ether oxygens (including phenoxy) is 2. The van der Waals surface area contributed by atoms with Crippen molar-refractivity contribution in [2.75, 3.05) is 7.11 Å². The van der Waals surface area contributed by atoms with Gasteiger partial charge in [-0.15, -0.1) is 6.58 Å². The Morgan fingerprint density at radius 2 is 2.44 bits per heavy atom. The quantitative estimate of drug-likeness (QED) is 0.646. The molecule has 1 unspecified atom stereocenters. The molecule has 96 valence electrons. The van der Waals surface area contributed by atoms with E-state index in [9.17, 15) is 9.90 Å². The van der Waals surface area contributed by atoms with Gasteiger partial charge in [0.25, 0.3) is 0 Å². The van der Waals surface area contributed by atoms with Crippen molar-refractivity contribution in [3.05, 3.63) is 41.5 Å². The number of carbonyl (C=O) groups is 1. The van der Waals surface area contributed by atoms with E-state index in [1.165, 1.54) is 7.11 Å². The third kappa shape index (κ3) is 2.24. The minimum Gasteiger partial charge on any atom is -0.478 e. The lowest BCUT2D eigenvalue weighted by atomic mass is 10.0. The molecule has 0 bridgehead atoms. The van der Waals surface area contributed by atoms with Gasteiger partial charge in [0.15, 0.2) is 6.10 Å². The van der Waals surface area contributed by atoms with Crippen LogP contribution in [0.15, 0.2) is 24.8 Å². The summed E-state index contributed by atoms with van der Waals surface area (Å²) in [6, 6.07) is 3.74. The molecule has 0 spiro atoms. The molecule has 1 aromatic carbocycles. The molecule has 0 fully saturated rings. The molecule has 0 saturated carbocycles. The number of fused-ring (bicyclic) bond motifs is 1. The van der Waals surface area contributed by atoms with Crippen LogP contribution in [0.25, 0.3) is 0 Å². The fourth-order valence-electron chi connectivity index (χ4n) is 2.17. The number of aliphatic hydroxyl groups excluding tert-OH is 1. The van der Waals surface area contributed by atoms with Gasteiger partial charge in [0.1, 0.15) is 5.75 Å². The van der Waals surface area contributed by atoms with Crippen molar-refractivity contribution in [3.63, 3.8) is 0 Å². The second kappa shape index (κ2) is 5.23. The van der Waals surface area contributed by atoms with E-state index in [0.29, 0.717) is 12.8 Å². The molecule has 0 aliphatic carbocycles. The topological polar surface area (TPSA) is 55.8 Å². The number of esters is 1. The summed E-state index contributed by atoms with van der Waals surface area (Å²) in [7, 11) is 1.35. The van der Waals surface area contributed by atoms with Crippen LogP contribution in [-0.4, -0.2) is 24.3 Å². The predicted molar refractivity (Wildman–Crippen MR) is 66.4 cm³/mol. The monoisotopic (exact) mass is 248 g/mol. The molecule has 0 radical (unpaired) electrons. The zero-order chi connectivity index (χ0) is 13.1. The Morgan fingerprint density at radius 3 is 3.06 bits per heavy atom. The van der Waals surface area contributed by atoms with E-state index in [1.807, 2.05) is 12.1 Å². The molecule has 0 saturated heterocycles. The number of hydrogen-bond donors (Lipinski definition) is 1. The van der Waals surface area contributed by atoms with Crippen LogP contribution in [0.5, 0.6) is 5.75 Å². The van der Waals surface area contributed by atoms with Crippen molar-refractivity contribution in [2.24, 2.45) is 0 Å². The highest BCUT2D eigenvalue weighted by molar-refractivity contribution is 5.77. The van der Waals surface area contributed by atoms with E-state index in [1.54, 1.807) is 6.08 Å². The molecule has 1 heterocycles. The zero-order valence-corrected chi connectivity index (χ0v) is 10.3. The number of carbonyl (C=O) groups excluding carboxylic acids is 1. The summed E-state index contributed by atoms with van der Waals surface area (Å²) in [6.07, 6.45) is 2.32. The molecule has 1 aliphatic heterocycles. The molecule has 4 heteroatoms. The summed E-state index contributed by atoms with van der Waals surface area (Å²) < 4.78 is 10.3. The normalized spacial score (nSPS) is 16.9. The summed E-state index contributed by atoms with van der Waals surface area (Å²) in [5, 5.41) is 9.22. The van der Waals surface area contributed by atoms with Crippen molar-refractivity contribution >= 4 is 5.97 Å². The fourth-order valence-corrected chi connectivity index (χ4v) is 2.17. The van der Waals surface area contributed by atoms with E-state index >= 15 is 0 Å². The Labute approximate surface area is 106 Å². The summed E-state index contributed by atoms with van der Waals surface area (Å²) in [5.41, 5.74) is 2.70. The first kappa shape index (κ1) is 12.6. The van der Waals surface area contributed by atoms with Gasteiger partial charge in [0.05, 0.1) is 13.7 Å². The van der Waals surface area contributed by atoms with Crippen LogP contribution < -0.4 is 4.74 Å². The Kier molecular flexibility index (Phi) is 3.67. The smallest absolute Gasteiger partial charge is 0.347 e. The van der Waals surface area contributed by atoms with Crippen LogP contribution in [0, 0.1) is 0 Å². The largest absolute Gasteiger partial charge is 0.478 e. The van der Waals surface area contributed by atoms with E-state index in [-0.39, 0.29) is 12.6 Å². The van der Waals surface area contributed by atoms with Crippen LogP contribution in [0.2, 0.25) is 0 Å². The highest BCUT2D eigenvalue weighted by atomic mass is 16.6. The Bertz CT molecular complexity index is 479. The van der Waals surface area contributed by atoms with Crippen molar-refractivity contribution in [2.45, 2.75) is 25.6 Å². The predicted octanol–water partition coefficient (Wildman–Crippen LogP) is 1.38. The number of methoxy groups -OCH3 is 1. The lowest BCUT2D eigenvalue weighted by Gasteiger charge is -2.10. The van der Waals surface area contributed by atoms with Crippen LogP contribution in [0.1, 0.15) is 16.7 Å². The van der Waals surface area contributed by atoms with E-state index in [2.05, 4.69) is 11.3 Å². The maximum atomic E-state index is 11.5. The van der Waals surface area contributed by atoms with Crippen molar-refractivity contribution in [3.8, 4) is 5.75 Å². The maximum Gasteiger partial charge on any atom is 0.347 e. The standard InChI is InChI=1S/C14H16O4/c1-3-4-10-5-9(8-15)6-11-7-12(14(16)17-2)18-13(10)11/h3,5-6,12,15H,1,4,7-8H2,2H3. The first-order chi connectivity index (χ1) is 8.69. The lowest BCUT2D eigenvalue weighted by Crippen LogP contribution is -2.26. The molecule has 0 amide bonds. The van der Waals surface area contributed by atoms with Crippen molar-refractivity contribution in [1.29, 1.82) is 0 Å². The number of rotatable bonds is 4. The minimum absolute atomic E-state index is 0.0275. The molecule has 18 heavy (non-hydrogen) atoms. The lowest BCUT2D eigenvalue weighted by molar-refractivity contribution is -0.147. The van der Waals surface area contributed by atoms with E-state index in [4.69, 9.17) is 4.74 Å². The Morgan fingerprint density at radius 1 is 1.67 bits per heavy atom. The third-order valence-electron chi connectivity index (χ3n) is 2.98. The van der Waals surface area contributed by atoms with Crippen LogP contribution in [-0.2, 0) is 29.0 Å². The SMILES string of the molecule is C=CCc1cc(CO)cc2c1OC(C(=O)OC)C2. The van der Waals surface area contributed by atoms with Crippen molar-refractivity contribution in [1.82, 2.24) is 0 Å². The van der Waals surface area contributed by atoms with Crippen LogP contribution in [0.4, 0.5) is 0 Å². The summed E-state index contributed by atoms with van der Waals surface area (Å²) in [4.78, 5) is 11.5. The molecular weight excluding hydrogens is 232 g/mol. The molecule has 0 aromatic heterocycles. The van der Waals surface area contributed by atoms with Gasteiger partial charge in [-0.1, -0.05) is 6.08 Å². The molecule has 1 aromatic rings. The van der Waals surface area contributed by atoms with Gasteiger partial charge in [-0.3, -0.25) is 0 Å². The fraction of sp³-hybridized carbons (Fsp3) is 0.357. The van der Waals surface area contributed by atoms with Crippen molar-refractivity contribution < 1.29 is 19.4 Å². The van der Waals surface area contributed by atoms with Gasteiger partial charge in [-0.25, -0.2) is 4.79 Å². The first-order valence-electron chi connectivity index (χ1n) is 5.80. The Hall–Kier alpha value is -1.81. The minimum atomic E-state index is -0.581. The molecule has 4 nitrogen and oxygen atoms in total. The summed E-state index contributed by atoms with van der Waals surface area (Å²) >= 11 is 0. The number of hydrogen-bond acceptors (Lipinski definition) is 4.